The molecular formula is C31H43N5O5S2. The summed E-state index contributed by atoms with van der Waals surface area (Å²) in [6.07, 6.45) is 8.05. The van der Waals surface area contributed by atoms with Crippen molar-refractivity contribution < 1.29 is 24.2 Å². The van der Waals surface area contributed by atoms with Crippen LogP contribution in [0, 0.1) is 0 Å². The molecule has 1 aromatic carbocycles. The van der Waals surface area contributed by atoms with Crippen molar-refractivity contribution in [2.75, 3.05) is 56.3 Å². The maximum Gasteiger partial charge on any atom is 0.326 e. The van der Waals surface area contributed by atoms with Crippen molar-refractivity contribution in [3.05, 3.63) is 35.2 Å². The number of benzene rings is 1. The van der Waals surface area contributed by atoms with Gasteiger partial charge in [-0.2, -0.15) is 11.8 Å². The van der Waals surface area contributed by atoms with E-state index in [-0.39, 0.29) is 5.91 Å². The molecule has 43 heavy (non-hydrogen) atoms. The number of carboxylic acid groups (broad SMARTS) is 1. The number of carbonyl (C=O) groups excluding carboxylic acids is 2. The molecule has 0 bridgehead atoms. The SMILES string of the molecule is CSCC[C@H](NC(=O)C1(NC(=O)c2ccc(-c3csc(N4CCC(N5CCOCC5)CC4)n3)cc2)CCCCC1)C(=O)O. The van der Waals surface area contributed by atoms with Crippen LogP contribution >= 0.6 is 23.1 Å². The van der Waals surface area contributed by atoms with E-state index in [1.54, 1.807) is 23.5 Å². The summed E-state index contributed by atoms with van der Waals surface area (Å²) >= 11 is 3.18. The van der Waals surface area contributed by atoms with Crippen molar-refractivity contribution in [3.63, 3.8) is 0 Å². The highest BCUT2D eigenvalue weighted by molar-refractivity contribution is 7.98. The molecule has 1 aromatic heterocycles. The Hall–Kier alpha value is -2.67. The van der Waals surface area contributed by atoms with Crippen molar-refractivity contribution in [1.82, 2.24) is 20.5 Å². The van der Waals surface area contributed by atoms with E-state index in [1.165, 1.54) is 11.8 Å². The van der Waals surface area contributed by atoms with E-state index in [9.17, 15) is 19.5 Å². The van der Waals surface area contributed by atoms with Crippen LogP contribution in [0.25, 0.3) is 11.3 Å². The van der Waals surface area contributed by atoms with Crippen LogP contribution < -0.4 is 15.5 Å². The summed E-state index contributed by atoms with van der Waals surface area (Å²) in [5.41, 5.74) is 1.17. The monoisotopic (exact) mass is 629 g/mol. The van der Waals surface area contributed by atoms with Crippen molar-refractivity contribution >= 4 is 46.0 Å². The number of hydrogen-bond acceptors (Lipinski definition) is 9. The van der Waals surface area contributed by atoms with Crippen LogP contribution in [0.15, 0.2) is 29.6 Å². The smallest absolute Gasteiger partial charge is 0.326 e. The maximum absolute atomic E-state index is 13.4. The molecule has 1 atom stereocenters. The topological polar surface area (TPSA) is 124 Å². The number of hydrogen-bond donors (Lipinski definition) is 3. The van der Waals surface area contributed by atoms with Crippen LogP contribution in [0.4, 0.5) is 5.13 Å². The van der Waals surface area contributed by atoms with Crippen molar-refractivity contribution in [2.45, 2.75) is 69.0 Å². The molecule has 234 valence electrons. The van der Waals surface area contributed by atoms with Crippen LogP contribution in [0.5, 0.6) is 0 Å². The molecule has 0 spiro atoms. The van der Waals surface area contributed by atoms with Crippen LogP contribution in [0.3, 0.4) is 0 Å². The predicted molar refractivity (Wildman–Crippen MR) is 171 cm³/mol. The molecule has 2 aromatic rings. The van der Waals surface area contributed by atoms with Crippen molar-refractivity contribution in [3.8, 4) is 11.3 Å². The third-order valence-electron chi connectivity index (χ3n) is 8.94. The molecule has 3 heterocycles. The highest BCUT2D eigenvalue weighted by Crippen LogP contribution is 2.32. The third-order valence-corrected chi connectivity index (χ3v) is 10.5. The number of nitrogens with zero attached hydrogens (tertiary/aromatic N) is 3. The lowest BCUT2D eigenvalue weighted by Gasteiger charge is -2.40. The Morgan fingerprint density at radius 2 is 1.79 bits per heavy atom. The summed E-state index contributed by atoms with van der Waals surface area (Å²) in [7, 11) is 0. The summed E-state index contributed by atoms with van der Waals surface area (Å²) < 4.78 is 5.51. The average molecular weight is 630 g/mol. The Kier molecular flexibility index (Phi) is 11.0. The second-order valence-electron chi connectivity index (χ2n) is 11.7. The fourth-order valence-electron chi connectivity index (χ4n) is 6.34. The lowest BCUT2D eigenvalue weighted by molar-refractivity contribution is -0.143. The lowest BCUT2D eigenvalue weighted by Crippen LogP contribution is -2.62. The Bertz CT molecular complexity index is 1240. The zero-order valence-electron chi connectivity index (χ0n) is 24.9. The molecule has 0 unspecified atom stereocenters. The van der Waals surface area contributed by atoms with Gasteiger partial charge in [0.1, 0.15) is 11.6 Å². The maximum atomic E-state index is 13.4. The van der Waals surface area contributed by atoms with E-state index in [4.69, 9.17) is 9.72 Å². The Morgan fingerprint density at radius 3 is 2.44 bits per heavy atom. The number of amides is 2. The minimum Gasteiger partial charge on any atom is -0.480 e. The minimum atomic E-state index is -1.11. The van der Waals surface area contributed by atoms with Crippen molar-refractivity contribution in [2.24, 2.45) is 0 Å². The molecule has 5 rings (SSSR count). The molecule has 2 amide bonds. The van der Waals surface area contributed by atoms with E-state index in [2.05, 4.69) is 25.8 Å². The van der Waals surface area contributed by atoms with E-state index < -0.39 is 23.5 Å². The van der Waals surface area contributed by atoms with E-state index in [0.717, 1.165) is 87.9 Å². The predicted octanol–water partition coefficient (Wildman–Crippen LogP) is 3.87. The molecule has 2 saturated heterocycles. The molecule has 10 nitrogen and oxygen atoms in total. The fourth-order valence-corrected chi connectivity index (χ4v) is 7.70. The van der Waals surface area contributed by atoms with Crippen LogP contribution in [-0.4, -0.2) is 102 Å². The minimum absolute atomic E-state index is 0.332. The quantitative estimate of drug-likeness (QED) is 0.340. The molecule has 3 aliphatic rings. The number of thioether (sulfide) groups is 1. The summed E-state index contributed by atoms with van der Waals surface area (Å²) in [4.78, 5) is 48.4. The first kappa shape index (κ1) is 31.7. The molecule has 3 N–H and O–H groups in total. The molecule has 1 saturated carbocycles. The summed E-state index contributed by atoms with van der Waals surface area (Å²) in [5.74, 6) is -1.18. The van der Waals surface area contributed by atoms with Gasteiger partial charge in [0, 0.05) is 48.7 Å². The average Bonchev–Trinajstić information content (AvgIpc) is 3.54. The number of anilines is 1. The Morgan fingerprint density at radius 1 is 1.09 bits per heavy atom. The Labute approximate surface area is 261 Å². The first-order chi connectivity index (χ1) is 20.9. The summed E-state index contributed by atoms with van der Waals surface area (Å²) in [6, 6.07) is 6.98. The molecule has 3 fully saturated rings. The van der Waals surface area contributed by atoms with Gasteiger partial charge >= 0.3 is 5.97 Å². The van der Waals surface area contributed by atoms with Gasteiger partial charge < -0.3 is 25.4 Å². The third kappa shape index (κ3) is 7.89. The number of morpholine rings is 1. The second kappa shape index (κ2) is 14.9. The van der Waals surface area contributed by atoms with E-state index in [0.29, 0.717) is 36.6 Å². The zero-order chi connectivity index (χ0) is 30.2. The molecule has 12 heteroatoms. The number of aliphatic carboxylic acids is 1. The number of ether oxygens (including phenoxy) is 1. The van der Waals surface area contributed by atoms with Gasteiger partial charge in [0.15, 0.2) is 5.13 Å². The number of piperidine rings is 1. The van der Waals surface area contributed by atoms with Gasteiger partial charge in [-0.25, -0.2) is 9.78 Å². The molecule has 2 aliphatic heterocycles. The van der Waals surface area contributed by atoms with E-state index >= 15 is 0 Å². The van der Waals surface area contributed by atoms with Gasteiger partial charge in [-0.05, 0) is 56.2 Å². The zero-order valence-corrected chi connectivity index (χ0v) is 26.5. The van der Waals surface area contributed by atoms with Gasteiger partial charge in [0.05, 0.1) is 18.9 Å². The normalized spacial score (nSPS) is 20.3. The number of rotatable bonds is 11. The summed E-state index contributed by atoms with van der Waals surface area (Å²) in [5, 5.41) is 18.4. The molecule has 0 radical (unpaired) electrons. The van der Waals surface area contributed by atoms with Crippen LogP contribution in [0.1, 0.15) is 61.7 Å². The number of carbonyl (C=O) groups is 3. The largest absolute Gasteiger partial charge is 0.480 e. The fraction of sp³-hybridized carbons (Fsp3) is 0.613. The number of aromatic nitrogens is 1. The first-order valence-corrected chi connectivity index (χ1v) is 17.6. The standard InChI is InChI=1S/C31H43N5O5S2/c1-42-20-11-25(28(38)39)32-29(40)31(12-3-2-4-13-31)34-27(37)23-7-5-22(6-8-23)26-21-43-30(33-26)36-14-9-24(10-15-36)35-16-18-41-19-17-35/h5-8,21,24-25H,2-4,9-20H2,1H3,(H,32,40)(H,34,37)(H,38,39)/t25-/m0/s1. The lowest BCUT2D eigenvalue weighted by atomic mass is 9.80. The molecule has 1 aliphatic carbocycles. The van der Waals surface area contributed by atoms with Gasteiger partial charge in [0.2, 0.25) is 5.91 Å². The van der Waals surface area contributed by atoms with Gasteiger partial charge in [-0.3, -0.25) is 14.5 Å². The van der Waals surface area contributed by atoms with Gasteiger partial charge in [-0.1, -0.05) is 31.4 Å². The molecular weight excluding hydrogens is 587 g/mol. The van der Waals surface area contributed by atoms with Crippen LogP contribution in [-0.2, 0) is 14.3 Å². The van der Waals surface area contributed by atoms with Crippen molar-refractivity contribution in [1.29, 1.82) is 0 Å². The number of nitrogens with one attached hydrogen (secondary N) is 2. The summed E-state index contributed by atoms with van der Waals surface area (Å²) in [6.45, 7) is 5.70. The Balaban J connectivity index is 1.20. The highest BCUT2D eigenvalue weighted by atomic mass is 32.2. The van der Waals surface area contributed by atoms with Gasteiger partial charge in [-0.15, -0.1) is 11.3 Å². The van der Waals surface area contributed by atoms with E-state index in [1.807, 2.05) is 18.4 Å². The second-order valence-corrected chi connectivity index (χ2v) is 13.5. The van der Waals surface area contributed by atoms with Gasteiger partial charge in [0.25, 0.3) is 5.91 Å². The highest BCUT2D eigenvalue weighted by Gasteiger charge is 2.42. The number of carboxylic acids is 1. The first-order valence-electron chi connectivity index (χ1n) is 15.4. The van der Waals surface area contributed by atoms with Crippen LogP contribution in [0.2, 0.25) is 0 Å². The number of thiazole rings is 1.